The van der Waals surface area contributed by atoms with Crippen LogP contribution >= 0.6 is 23.2 Å². The monoisotopic (exact) mass is 318 g/mol. The third-order valence-electron chi connectivity index (χ3n) is 3.67. The normalized spacial score (nSPS) is 12.8. The number of imidazole rings is 1. The lowest BCUT2D eigenvalue weighted by Gasteiger charge is -2.15. The van der Waals surface area contributed by atoms with Gasteiger partial charge in [-0.05, 0) is 44.0 Å². The first-order valence-electron chi connectivity index (χ1n) is 6.88. The molecule has 1 aromatic heterocycles. The molecule has 2 aromatic carbocycles. The zero-order chi connectivity index (χ0) is 15.1. The minimum absolute atomic E-state index is 0.201. The highest BCUT2D eigenvalue weighted by atomic mass is 35.5. The van der Waals surface area contributed by atoms with Crippen LogP contribution in [0.15, 0.2) is 36.4 Å². The quantitative estimate of drug-likeness (QED) is 0.563. The zero-order valence-corrected chi connectivity index (χ0v) is 13.7. The molecule has 1 heterocycles. The van der Waals surface area contributed by atoms with Crippen molar-refractivity contribution >= 4 is 34.2 Å². The van der Waals surface area contributed by atoms with Crippen LogP contribution < -0.4 is 0 Å². The molecule has 0 radical (unpaired) electrons. The van der Waals surface area contributed by atoms with Gasteiger partial charge in [-0.25, -0.2) is 4.98 Å². The van der Waals surface area contributed by atoms with E-state index in [1.165, 1.54) is 0 Å². The van der Waals surface area contributed by atoms with Crippen molar-refractivity contribution in [1.82, 2.24) is 9.55 Å². The second-order valence-electron chi connectivity index (χ2n) is 5.27. The largest absolute Gasteiger partial charge is 0.293 e. The summed E-state index contributed by atoms with van der Waals surface area (Å²) in [5.74, 6) is 0.817. The molecule has 3 rings (SSSR count). The van der Waals surface area contributed by atoms with Gasteiger partial charge in [-0.15, -0.1) is 11.6 Å². The van der Waals surface area contributed by atoms with Crippen molar-refractivity contribution in [3.8, 4) is 5.69 Å². The number of aromatic nitrogens is 2. The Morgan fingerprint density at radius 1 is 1.05 bits per heavy atom. The fourth-order valence-corrected chi connectivity index (χ4v) is 3.16. The number of hydrogen-bond acceptors (Lipinski definition) is 1. The lowest BCUT2D eigenvalue weighted by molar-refractivity contribution is 0.877. The highest BCUT2D eigenvalue weighted by Crippen LogP contribution is 2.34. The standard InChI is InChI=1S/C17H16Cl2N2/c1-10-6-4-8-13(19)15(10)21-16-11(2)7-5-9-14(16)20-17(21)12(3)18/h4-9,12H,1-3H3. The number of nitrogens with zero attached hydrogens (tertiary/aromatic N) is 2. The van der Waals surface area contributed by atoms with Gasteiger partial charge >= 0.3 is 0 Å². The minimum atomic E-state index is -0.201. The van der Waals surface area contributed by atoms with E-state index in [4.69, 9.17) is 28.2 Å². The van der Waals surface area contributed by atoms with Crippen LogP contribution in [0.3, 0.4) is 0 Å². The maximum Gasteiger partial charge on any atom is 0.132 e. The summed E-state index contributed by atoms with van der Waals surface area (Å²) in [6, 6.07) is 12.0. The number of hydrogen-bond donors (Lipinski definition) is 0. The first-order chi connectivity index (χ1) is 10.0. The Labute approximate surface area is 134 Å². The van der Waals surface area contributed by atoms with E-state index in [9.17, 15) is 0 Å². The van der Waals surface area contributed by atoms with Crippen molar-refractivity contribution in [3.05, 3.63) is 58.4 Å². The maximum atomic E-state index is 6.46. The van der Waals surface area contributed by atoms with Gasteiger partial charge in [-0.2, -0.15) is 0 Å². The molecule has 1 atom stereocenters. The molecule has 0 fully saturated rings. The Kier molecular flexibility index (Phi) is 3.68. The number of alkyl halides is 1. The Morgan fingerprint density at radius 2 is 1.71 bits per heavy atom. The van der Waals surface area contributed by atoms with Crippen molar-refractivity contribution in [2.45, 2.75) is 26.1 Å². The predicted octanol–water partition coefficient (Wildman–Crippen LogP) is 5.60. The van der Waals surface area contributed by atoms with Gasteiger partial charge in [0.15, 0.2) is 0 Å². The fourth-order valence-electron chi connectivity index (χ4n) is 2.71. The van der Waals surface area contributed by atoms with Gasteiger partial charge < -0.3 is 0 Å². The van der Waals surface area contributed by atoms with Gasteiger partial charge in [-0.1, -0.05) is 35.9 Å². The minimum Gasteiger partial charge on any atom is -0.293 e. The average Bonchev–Trinajstić information content (AvgIpc) is 2.80. The maximum absolute atomic E-state index is 6.46. The summed E-state index contributed by atoms with van der Waals surface area (Å²) in [4.78, 5) is 4.70. The van der Waals surface area contributed by atoms with Crippen LogP contribution in [0.4, 0.5) is 0 Å². The number of halogens is 2. The first-order valence-corrected chi connectivity index (χ1v) is 7.69. The molecule has 3 aromatic rings. The van der Waals surface area contributed by atoms with E-state index in [0.717, 1.165) is 33.7 Å². The SMILES string of the molecule is Cc1cccc(Cl)c1-n1c(C(C)Cl)nc2cccc(C)c21. The molecule has 0 saturated heterocycles. The van der Waals surface area contributed by atoms with Gasteiger partial charge in [0.25, 0.3) is 0 Å². The van der Waals surface area contributed by atoms with Crippen LogP contribution in [-0.4, -0.2) is 9.55 Å². The molecule has 2 nitrogen and oxygen atoms in total. The topological polar surface area (TPSA) is 17.8 Å². The summed E-state index contributed by atoms with van der Waals surface area (Å²) in [5.41, 5.74) is 5.22. The van der Waals surface area contributed by atoms with E-state index in [0.29, 0.717) is 5.02 Å². The van der Waals surface area contributed by atoms with E-state index in [2.05, 4.69) is 17.6 Å². The van der Waals surface area contributed by atoms with Crippen LogP contribution in [0.25, 0.3) is 16.7 Å². The number of aryl methyl sites for hydroxylation is 2. The van der Waals surface area contributed by atoms with Crippen LogP contribution in [0.1, 0.15) is 29.3 Å². The number of benzene rings is 2. The van der Waals surface area contributed by atoms with Gasteiger partial charge in [-0.3, -0.25) is 4.57 Å². The average molecular weight is 319 g/mol. The van der Waals surface area contributed by atoms with Gasteiger partial charge in [0.1, 0.15) is 5.82 Å². The summed E-state index contributed by atoms with van der Waals surface area (Å²) in [7, 11) is 0. The summed E-state index contributed by atoms with van der Waals surface area (Å²) in [5, 5.41) is 0.503. The van der Waals surface area contributed by atoms with Crippen molar-refractivity contribution in [2.75, 3.05) is 0 Å². The van der Waals surface area contributed by atoms with Crippen molar-refractivity contribution in [1.29, 1.82) is 0 Å². The molecule has 4 heteroatoms. The Bertz CT molecular complexity index is 799. The zero-order valence-electron chi connectivity index (χ0n) is 12.2. The molecular formula is C17H16Cl2N2. The second kappa shape index (κ2) is 5.36. The van der Waals surface area contributed by atoms with Gasteiger partial charge in [0, 0.05) is 0 Å². The molecular weight excluding hydrogens is 303 g/mol. The lowest BCUT2D eigenvalue weighted by Crippen LogP contribution is -2.05. The fraction of sp³-hybridized carbons (Fsp3) is 0.235. The van der Waals surface area contributed by atoms with Crippen molar-refractivity contribution < 1.29 is 0 Å². The van der Waals surface area contributed by atoms with Crippen LogP contribution in [0.2, 0.25) is 5.02 Å². The molecule has 0 amide bonds. The molecule has 0 N–H and O–H groups in total. The molecule has 1 unspecified atom stereocenters. The van der Waals surface area contributed by atoms with E-state index in [-0.39, 0.29) is 5.38 Å². The van der Waals surface area contributed by atoms with Crippen molar-refractivity contribution in [3.63, 3.8) is 0 Å². The van der Waals surface area contributed by atoms with Crippen LogP contribution in [0.5, 0.6) is 0 Å². The third kappa shape index (κ3) is 2.33. The summed E-state index contributed by atoms with van der Waals surface area (Å²) in [6.07, 6.45) is 0. The van der Waals surface area contributed by atoms with E-state index in [1.807, 2.05) is 44.2 Å². The van der Waals surface area contributed by atoms with E-state index >= 15 is 0 Å². The highest BCUT2D eigenvalue weighted by molar-refractivity contribution is 6.32. The molecule has 21 heavy (non-hydrogen) atoms. The summed E-state index contributed by atoms with van der Waals surface area (Å²) in [6.45, 7) is 6.06. The molecule has 0 saturated carbocycles. The summed E-state index contributed by atoms with van der Waals surface area (Å²) < 4.78 is 2.10. The molecule has 0 aliphatic carbocycles. The first kappa shape index (κ1) is 14.4. The van der Waals surface area contributed by atoms with Crippen molar-refractivity contribution in [2.24, 2.45) is 0 Å². The summed E-state index contributed by atoms with van der Waals surface area (Å²) >= 11 is 12.8. The molecule has 0 aliphatic heterocycles. The van der Waals surface area contributed by atoms with Crippen LogP contribution in [-0.2, 0) is 0 Å². The molecule has 0 bridgehead atoms. The number of rotatable bonds is 2. The predicted molar refractivity (Wildman–Crippen MR) is 89.8 cm³/mol. The Balaban J connectivity index is 2.48. The molecule has 0 aliphatic rings. The molecule has 108 valence electrons. The lowest BCUT2D eigenvalue weighted by atomic mass is 10.1. The Morgan fingerprint density at radius 3 is 2.38 bits per heavy atom. The van der Waals surface area contributed by atoms with Crippen LogP contribution in [0, 0.1) is 13.8 Å². The highest BCUT2D eigenvalue weighted by Gasteiger charge is 2.20. The number of fused-ring (bicyclic) bond motifs is 1. The number of para-hydroxylation sites is 2. The Hall–Kier alpha value is -1.51. The second-order valence-corrected chi connectivity index (χ2v) is 6.33. The van der Waals surface area contributed by atoms with E-state index < -0.39 is 0 Å². The van der Waals surface area contributed by atoms with Gasteiger partial charge in [0.2, 0.25) is 0 Å². The van der Waals surface area contributed by atoms with E-state index in [1.54, 1.807) is 0 Å². The molecule has 0 spiro atoms. The third-order valence-corrected chi connectivity index (χ3v) is 4.17. The smallest absolute Gasteiger partial charge is 0.132 e. The van der Waals surface area contributed by atoms with Gasteiger partial charge in [0.05, 0.1) is 27.1 Å².